The van der Waals surface area contributed by atoms with Crippen molar-refractivity contribution in [2.24, 2.45) is 5.92 Å². The van der Waals surface area contributed by atoms with Crippen molar-refractivity contribution in [1.82, 2.24) is 4.90 Å². The van der Waals surface area contributed by atoms with Gasteiger partial charge in [0.1, 0.15) is 0 Å². The highest BCUT2D eigenvalue weighted by Gasteiger charge is 2.30. The van der Waals surface area contributed by atoms with Crippen molar-refractivity contribution in [2.75, 3.05) is 13.6 Å². The van der Waals surface area contributed by atoms with E-state index in [9.17, 15) is 5.11 Å². The molecule has 2 heteroatoms. The number of hydrogen-bond acceptors (Lipinski definition) is 2. The third kappa shape index (κ3) is 2.68. The minimum atomic E-state index is -0.216. The summed E-state index contributed by atoms with van der Waals surface area (Å²) in [6.45, 7) is 2.91. The largest absolute Gasteiger partial charge is 0.393 e. The summed E-state index contributed by atoms with van der Waals surface area (Å²) in [5.41, 5.74) is 2.89. The first-order chi connectivity index (χ1) is 10.1. The molecule has 1 saturated heterocycles. The second kappa shape index (κ2) is 5.52. The molecule has 3 atom stereocenters. The van der Waals surface area contributed by atoms with E-state index < -0.39 is 0 Å². The number of fused-ring (bicyclic) bond motifs is 3. The molecule has 0 bridgehead atoms. The summed E-state index contributed by atoms with van der Waals surface area (Å²) in [4.78, 5) is 2.12. The van der Waals surface area contributed by atoms with Gasteiger partial charge in [0.15, 0.2) is 0 Å². The first-order valence-corrected chi connectivity index (χ1v) is 7.49. The lowest BCUT2D eigenvalue weighted by atomic mass is 9.89. The molecule has 0 aromatic heterocycles. The Morgan fingerprint density at radius 3 is 2.71 bits per heavy atom. The molecule has 4 rings (SSSR count). The highest BCUT2D eigenvalue weighted by Crippen LogP contribution is 2.42. The quantitative estimate of drug-likeness (QED) is 0.639. The summed E-state index contributed by atoms with van der Waals surface area (Å²) in [6.07, 6.45) is 5.97. The molecule has 1 aromatic rings. The third-order valence-electron chi connectivity index (χ3n) is 4.62. The van der Waals surface area contributed by atoms with Gasteiger partial charge in [-0.1, -0.05) is 37.1 Å². The zero-order chi connectivity index (χ0) is 15.0. The fourth-order valence-corrected chi connectivity index (χ4v) is 3.14. The normalized spacial score (nSPS) is 26.7. The third-order valence-corrected chi connectivity index (χ3v) is 4.62. The Hall–Kier alpha value is -1.82. The topological polar surface area (TPSA) is 23.5 Å². The van der Waals surface area contributed by atoms with E-state index in [-0.39, 0.29) is 18.1 Å². The molecule has 1 heterocycles. The van der Waals surface area contributed by atoms with E-state index >= 15 is 0 Å². The smallest absolute Gasteiger partial charge is 0.0760 e. The van der Waals surface area contributed by atoms with Crippen LogP contribution in [0.2, 0.25) is 0 Å². The van der Waals surface area contributed by atoms with Crippen molar-refractivity contribution < 1.29 is 5.11 Å². The van der Waals surface area contributed by atoms with E-state index in [0.717, 1.165) is 13.0 Å². The van der Waals surface area contributed by atoms with Gasteiger partial charge in [-0.2, -0.15) is 0 Å². The van der Waals surface area contributed by atoms with Crippen molar-refractivity contribution in [3.8, 4) is 23.5 Å². The number of nitrogens with zero attached hydrogens (tertiary/aromatic N) is 1. The van der Waals surface area contributed by atoms with Gasteiger partial charge in [-0.3, -0.25) is 4.90 Å². The number of terminal acetylenes is 1. The summed E-state index contributed by atoms with van der Waals surface area (Å²) in [6, 6.07) is 13.1. The van der Waals surface area contributed by atoms with Crippen molar-refractivity contribution in [1.29, 1.82) is 0 Å². The molecular weight excluding hydrogens is 258 g/mol. The molecule has 0 radical (unpaired) electrons. The van der Waals surface area contributed by atoms with Crippen LogP contribution in [0.5, 0.6) is 0 Å². The van der Waals surface area contributed by atoms with Crippen molar-refractivity contribution in [3.63, 3.8) is 0 Å². The highest BCUT2D eigenvalue weighted by atomic mass is 16.3. The Kier molecular flexibility index (Phi) is 3.71. The SMILES string of the molecule is C#CC1C(C)C(O)CCN1C.c1ccc2c3cc-3cc2c1. The lowest BCUT2D eigenvalue weighted by Gasteiger charge is -2.37. The maximum atomic E-state index is 9.47. The van der Waals surface area contributed by atoms with Gasteiger partial charge in [0.2, 0.25) is 0 Å². The van der Waals surface area contributed by atoms with E-state index in [2.05, 4.69) is 47.2 Å². The van der Waals surface area contributed by atoms with Gasteiger partial charge in [0, 0.05) is 12.5 Å². The lowest BCUT2D eigenvalue weighted by molar-refractivity contribution is 0.0233. The Labute approximate surface area is 126 Å². The Bertz CT molecular complexity index is 700. The van der Waals surface area contributed by atoms with E-state index in [1.54, 1.807) is 0 Å². The van der Waals surface area contributed by atoms with Crippen LogP contribution in [-0.2, 0) is 0 Å². The molecular formula is C19H21NO. The molecule has 0 saturated carbocycles. The zero-order valence-corrected chi connectivity index (χ0v) is 12.6. The molecule has 0 spiro atoms. The summed E-state index contributed by atoms with van der Waals surface area (Å²) in [5, 5.41) is 12.3. The number of aliphatic hydroxyl groups excluding tert-OH is 1. The van der Waals surface area contributed by atoms with Crippen LogP contribution in [0.1, 0.15) is 13.3 Å². The van der Waals surface area contributed by atoms with Gasteiger partial charge in [-0.25, -0.2) is 0 Å². The Balaban J connectivity index is 0.000000126. The minimum absolute atomic E-state index is 0.110. The molecule has 1 aromatic carbocycles. The van der Waals surface area contributed by atoms with Gasteiger partial charge in [0.05, 0.1) is 12.1 Å². The number of aliphatic hydroxyl groups is 1. The molecule has 2 aliphatic carbocycles. The fraction of sp³-hybridized carbons (Fsp3) is 0.368. The highest BCUT2D eigenvalue weighted by molar-refractivity contribution is 6.09. The fourth-order valence-electron chi connectivity index (χ4n) is 3.14. The number of likely N-dealkylation sites (tertiary alicyclic amines) is 1. The molecule has 3 unspecified atom stereocenters. The molecule has 3 aliphatic rings. The molecule has 0 amide bonds. The number of benzene rings is 2. The number of hydrogen-bond donors (Lipinski definition) is 1. The lowest BCUT2D eigenvalue weighted by Crippen LogP contribution is -2.47. The van der Waals surface area contributed by atoms with Crippen LogP contribution in [0.4, 0.5) is 0 Å². The molecule has 21 heavy (non-hydrogen) atoms. The van der Waals surface area contributed by atoms with Crippen LogP contribution < -0.4 is 0 Å². The zero-order valence-electron chi connectivity index (χ0n) is 12.6. The average molecular weight is 279 g/mol. The number of piperidine rings is 1. The van der Waals surface area contributed by atoms with Crippen molar-refractivity contribution >= 4 is 10.8 Å². The van der Waals surface area contributed by atoms with Crippen molar-refractivity contribution in [2.45, 2.75) is 25.5 Å². The molecule has 1 N–H and O–H groups in total. The van der Waals surface area contributed by atoms with Gasteiger partial charge in [-0.05, 0) is 47.5 Å². The summed E-state index contributed by atoms with van der Waals surface area (Å²) in [5.74, 6) is 2.91. The van der Waals surface area contributed by atoms with E-state index in [1.165, 1.54) is 21.9 Å². The predicted octanol–water partition coefficient (Wildman–Crippen LogP) is 3.14. The second-order valence-corrected chi connectivity index (χ2v) is 6.05. The van der Waals surface area contributed by atoms with E-state index in [1.807, 2.05) is 14.0 Å². The summed E-state index contributed by atoms with van der Waals surface area (Å²) in [7, 11) is 2.01. The number of rotatable bonds is 0. The van der Waals surface area contributed by atoms with Crippen LogP contribution >= 0.6 is 0 Å². The van der Waals surface area contributed by atoms with Gasteiger partial charge in [-0.15, -0.1) is 6.42 Å². The molecule has 108 valence electrons. The molecule has 1 aliphatic heterocycles. The monoisotopic (exact) mass is 279 g/mol. The van der Waals surface area contributed by atoms with Gasteiger partial charge >= 0.3 is 0 Å². The standard InChI is InChI=1S/C10H6.C9H15NO/c1-2-4-9-7(3-1)5-8-6-10(8)9;1-4-8-7(2)9(11)5-6-10(8)3/h1-6H;1,7-9,11H,5-6H2,2-3H3. The van der Waals surface area contributed by atoms with Crippen LogP contribution in [0.3, 0.4) is 0 Å². The van der Waals surface area contributed by atoms with Crippen LogP contribution in [0.15, 0.2) is 36.4 Å². The first-order valence-electron chi connectivity index (χ1n) is 7.49. The summed E-state index contributed by atoms with van der Waals surface area (Å²) < 4.78 is 0. The predicted molar refractivity (Wildman–Crippen MR) is 88.0 cm³/mol. The van der Waals surface area contributed by atoms with Crippen LogP contribution in [-0.4, -0.2) is 35.7 Å². The first kappa shape index (κ1) is 14.1. The minimum Gasteiger partial charge on any atom is -0.393 e. The van der Waals surface area contributed by atoms with Crippen LogP contribution in [0, 0.1) is 18.3 Å². The second-order valence-electron chi connectivity index (χ2n) is 6.05. The molecule has 1 fully saturated rings. The van der Waals surface area contributed by atoms with Gasteiger partial charge in [0.25, 0.3) is 0 Å². The maximum absolute atomic E-state index is 9.47. The van der Waals surface area contributed by atoms with E-state index in [0.29, 0.717) is 0 Å². The summed E-state index contributed by atoms with van der Waals surface area (Å²) >= 11 is 0. The van der Waals surface area contributed by atoms with Crippen LogP contribution in [0.25, 0.3) is 21.9 Å². The molecule has 2 nitrogen and oxygen atoms in total. The van der Waals surface area contributed by atoms with Gasteiger partial charge < -0.3 is 5.11 Å². The Morgan fingerprint density at radius 2 is 2.05 bits per heavy atom. The van der Waals surface area contributed by atoms with Crippen molar-refractivity contribution in [3.05, 3.63) is 36.4 Å². The Morgan fingerprint density at radius 1 is 1.29 bits per heavy atom. The maximum Gasteiger partial charge on any atom is 0.0760 e. The van der Waals surface area contributed by atoms with E-state index in [4.69, 9.17) is 6.42 Å². The average Bonchev–Trinajstić information content (AvgIpc) is 3.17.